The van der Waals surface area contributed by atoms with Gasteiger partial charge >= 0.3 is 0 Å². The van der Waals surface area contributed by atoms with Gasteiger partial charge in [0, 0.05) is 23.6 Å². The Morgan fingerprint density at radius 3 is 2.52 bits per heavy atom. The first kappa shape index (κ1) is 13.8. The number of rotatable bonds is 4. The Labute approximate surface area is 127 Å². The van der Waals surface area contributed by atoms with Crippen molar-refractivity contribution in [3.05, 3.63) is 83.7 Å². The van der Waals surface area contributed by atoms with Crippen molar-refractivity contribution >= 4 is 11.6 Å². The van der Waals surface area contributed by atoms with Gasteiger partial charge in [-0.05, 0) is 29.8 Å². The number of nitrogens with zero attached hydrogens (tertiary/aromatic N) is 3. The number of benzene rings is 1. The molecule has 5 heteroatoms. The Morgan fingerprint density at radius 1 is 1.10 bits per heavy atom. The summed E-state index contributed by atoms with van der Waals surface area (Å²) in [5.74, 6) is 0. The largest absolute Gasteiger partial charge is 0.377 e. The summed E-state index contributed by atoms with van der Waals surface area (Å²) in [6.45, 7) is 0.325. The second kappa shape index (κ2) is 5.68. The molecule has 0 aliphatic heterocycles. The van der Waals surface area contributed by atoms with Crippen molar-refractivity contribution in [2.45, 2.75) is 12.1 Å². The monoisotopic (exact) mass is 299 g/mol. The number of aromatic nitrogens is 3. The molecule has 0 saturated heterocycles. The van der Waals surface area contributed by atoms with Gasteiger partial charge in [-0.25, -0.2) is 4.98 Å². The van der Waals surface area contributed by atoms with Crippen LogP contribution in [0.25, 0.3) is 0 Å². The number of halogens is 1. The molecular formula is C16H14ClN3O. The average molecular weight is 300 g/mol. The molecule has 1 unspecified atom stereocenters. The molecule has 2 heterocycles. The molecule has 1 aromatic carbocycles. The lowest BCUT2D eigenvalue weighted by Gasteiger charge is -2.28. The first-order valence-corrected chi connectivity index (χ1v) is 6.92. The smallest absolute Gasteiger partial charge is 0.149 e. The zero-order valence-corrected chi connectivity index (χ0v) is 12.0. The van der Waals surface area contributed by atoms with Crippen molar-refractivity contribution in [2.24, 2.45) is 0 Å². The van der Waals surface area contributed by atoms with Crippen molar-refractivity contribution in [1.82, 2.24) is 14.5 Å². The van der Waals surface area contributed by atoms with E-state index >= 15 is 0 Å². The third-order valence-corrected chi connectivity index (χ3v) is 3.63. The standard InChI is InChI=1S/C16H14ClN3O/c17-14-6-4-13(5-7-14)16(21,11-20-10-9-18-12-20)15-3-1-2-8-19-15/h1-10,12,21H,11H2. The summed E-state index contributed by atoms with van der Waals surface area (Å²) >= 11 is 5.94. The van der Waals surface area contributed by atoms with Crippen molar-refractivity contribution in [2.75, 3.05) is 0 Å². The maximum Gasteiger partial charge on any atom is 0.149 e. The molecule has 0 amide bonds. The zero-order valence-electron chi connectivity index (χ0n) is 11.2. The molecule has 1 N–H and O–H groups in total. The van der Waals surface area contributed by atoms with E-state index < -0.39 is 5.60 Å². The van der Waals surface area contributed by atoms with Gasteiger partial charge in [0.15, 0.2) is 0 Å². The summed E-state index contributed by atoms with van der Waals surface area (Å²) in [6, 6.07) is 12.6. The van der Waals surface area contributed by atoms with Crippen LogP contribution >= 0.6 is 11.6 Å². The Morgan fingerprint density at radius 2 is 1.90 bits per heavy atom. The second-order valence-corrected chi connectivity index (χ2v) is 5.25. The zero-order chi connectivity index (χ0) is 14.7. The van der Waals surface area contributed by atoms with E-state index in [-0.39, 0.29) is 0 Å². The van der Waals surface area contributed by atoms with Gasteiger partial charge in [0.25, 0.3) is 0 Å². The van der Waals surface area contributed by atoms with Gasteiger partial charge in [-0.2, -0.15) is 0 Å². The lowest BCUT2D eigenvalue weighted by Crippen LogP contribution is -2.33. The van der Waals surface area contributed by atoms with E-state index in [2.05, 4.69) is 9.97 Å². The molecule has 0 aliphatic rings. The molecule has 0 fully saturated rings. The minimum absolute atomic E-state index is 0.325. The fraction of sp³-hybridized carbons (Fsp3) is 0.125. The molecule has 0 aliphatic carbocycles. The number of hydrogen-bond donors (Lipinski definition) is 1. The quantitative estimate of drug-likeness (QED) is 0.806. The minimum atomic E-state index is -1.24. The van der Waals surface area contributed by atoms with E-state index in [4.69, 9.17) is 11.6 Å². The van der Waals surface area contributed by atoms with Crippen LogP contribution in [0.2, 0.25) is 5.02 Å². The van der Waals surface area contributed by atoms with Crippen molar-refractivity contribution in [1.29, 1.82) is 0 Å². The summed E-state index contributed by atoms with van der Waals surface area (Å²) in [7, 11) is 0. The van der Waals surface area contributed by atoms with Crippen molar-refractivity contribution in [3.8, 4) is 0 Å². The first-order valence-electron chi connectivity index (χ1n) is 6.54. The Kier molecular flexibility index (Phi) is 3.73. The van der Waals surface area contributed by atoms with Crippen LogP contribution in [0, 0.1) is 0 Å². The van der Waals surface area contributed by atoms with Gasteiger partial charge in [0.2, 0.25) is 0 Å². The SMILES string of the molecule is OC(Cn1ccnc1)(c1ccc(Cl)cc1)c1ccccn1. The van der Waals surface area contributed by atoms with E-state index in [0.717, 1.165) is 5.56 Å². The molecule has 21 heavy (non-hydrogen) atoms. The van der Waals surface area contributed by atoms with Crippen molar-refractivity contribution < 1.29 is 5.11 Å². The summed E-state index contributed by atoms with van der Waals surface area (Å²) in [6.07, 6.45) is 6.83. The van der Waals surface area contributed by atoms with Crippen LogP contribution in [0.15, 0.2) is 67.4 Å². The van der Waals surface area contributed by atoms with E-state index in [1.807, 2.05) is 41.1 Å². The van der Waals surface area contributed by atoms with E-state index in [1.54, 1.807) is 30.9 Å². The highest BCUT2D eigenvalue weighted by molar-refractivity contribution is 6.30. The van der Waals surface area contributed by atoms with Crippen LogP contribution < -0.4 is 0 Å². The van der Waals surface area contributed by atoms with Crippen LogP contribution in [0.4, 0.5) is 0 Å². The molecule has 0 bridgehead atoms. The molecule has 1 atom stereocenters. The normalized spacial score (nSPS) is 13.8. The highest BCUT2D eigenvalue weighted by Gasteiger charge is 2.33. The number of pyridine rings is 1. The van der Waals surface area contributed by atoms with Crippen LogP contribution in [-0.2, 0) is 12.1 Å². The Hall–Kier alpha value is -2.17. The molecule has 106 valence electrons. The maximum absolute atomic E-state index is 11.3. The van der Waals surface area contributed by atoms with Gasteiger partial charge in [-0.3, -0.25) is 4.98 Å². The first-order chi connectivity index (χ1) is 10.2. The fourth-order valence-electron chi connectivity index (χ4n) is 2.30. The highest BCUT2D eigenvalue weighted by Crippen LogP contribution is 2.30. The number of imidazole rings is 1. The average Bonchev–Trinajstić information content (AvgIpc) is 3.01. The van der Waals surface area contributed by atoms with E-state index in [0.29, 0.717) is 17.3 Å². The molecule has 0 saturated carbocycles. The Balaban J connectivity index is 2.08. The highest BCUT2D eigenvalue weighted by atomic mass is 35.5. The van der Waals surface area contributed by atoms with Crippen LogP contribution in [0.1, 0.15) is 11.3 Å². The van der Waals surface area contributed by atoms with E-state index in [1.165, 1.54) is 0 Å². The topological polar surface area (TPSA) is 50.9 Å². The van der Waals surface area contributed by atoms with Gasteiger partial charge in [-0.1, -0.05) is 29.8 Å². The second-order valence-electron chi connectivity index (χ2n) is 4.82. The Bertz CT molecular complexity index is 698. The lowest BCUT2D eigenvalue weighted by atomic mass is 9.89. The van der Waals surface area contributed by atoms with Gasteiger partial charge in [-0.15, -0.1) is 0 Å². The van der Waals surface area contributed by atoms with Gasteiger partial charge in [0.1, 0.15) is 5.60 Å². The maximum atomic E-state index is 11.3. The molecule has 3 aromatic rings. The number of aliphatic hydroxyl groups is 1. The molecule has 0 radical (unpaired) electrons. The van der Waals surface area contributed by atoms with Crippen LogP contribution in [-0.4, -0.2) is 19.6 Å². The third kappa shape index (κ3) is 2.82. The minimum Gasteiger partial charge on any atom is -0.377 e. The van der Waals surface area contributed by atoms with Gasteiger partial charge in [0.05, 0.1) is 18.6 Å². The molecule has 4 nitrogen and oxygen atoms in total. The predicted octanol–water partition coefficient (Wildman–Crippen LogP) is 2.87. The molecule has 0 spiro atoms. The fourth-order valence-corrected chi connectivity index (χ4v) is 2.42. The summed E-state index contributed by atoms with van der Waals surface area (Å²) < 4.78 is 1.82. The summed E-state index contributed by atoms with van der Waals surface area (Å²) in [4.78, 5) is 8.33. The number of hydrogen-bond acceptors (Lipinski definition) is 3. The van der Waals surface area contributed by atoms with Crippen LogP contribution in [0.3, 0.4) is 0 Å². The summed E-state index contributed by atoms with van der Waals surface area (Å²) in [5.41, 5.74) is 0.0762. The van der Waals surface area contributed by atoms with Gasteiger partial charge < -0.3 is 9.67 Å². The lowest BCUT2D eigenvalue weighted by molar-refractivity contribution is 0.0567. The molecule has 3 rings (SSSR count). The van der Waals surface area contributed by atoms with Crippen molar-refractivity contribution in [3.63, 3.8) is 0 Å². The molecule has 2 aromatic heterocycles. The third-order valence-electron chi connectivity index (χ3n) is 3.38. The van der Waals surface area contributed by atoms with E-state index in [9.17, 15) is 5.11 Å². The molecular weight excluding hydrogens is 286 g/mol. The van der Waals surface area contributed by atoms with Crippen LogP contribution in [0.5, 0.6) is 0 Å². The summed E-state index contributed by atoms with van der Waals surface area (Å²) in [5, 5.41) is 11.9. The predicted molar refractivity (Wildman–Crippen MR) is 80.9 cm³/mol.